The van der Waals surface area contributed by atoms with Crippen molar-refractivity contribution in [2.75, 3.05) is 6.54 Å². The molecule has 0 spiro atoms. The summed E-state index contributed by atoms with van der Waals surface area (Å²) in [5.41, 5.74) is 0.649. The van der Waals surface area contributed by atoms with E-state index in [1.165, 1.54) is 37.3 Å². The summed E-state index contributed by atoms with van der Waals surface area (Å²) in [6, 6.07) is 11.3. The molecule has 4 nitrogen and oxygen atoms in total. The van der Waals surface area contributed by atoms with Crippen LogP contribution in [0.1, 0.15) is 22.8 Å². The molecule has 2 aromatic carbocycles. The van der Waals surface area contributed by atoms with E-state index in [1.807, 2.05) is 0 Å². The first kappa shape index (κ1) is 17.6. The summed E-state index contributed by atoms with van der Waals surface area (Å²) in [4.78, 5) is 23.7. The van der Waals surface area contributed by atoms with Crippen molar-refractivity contribution in [1.82, 2.24) is 5.32 Å². The number of rotatable bonds is 6. The molecule has 0 radical (unpaired) electrons. The van der Waals surface area contributed by atoms with E-state index in [2.05, 4.69) is 5.32 Å². The zero-order chi connectivity index (χ0) is 17.5. The van der Waals surface area contributed by atoms with Crippen LogP contribution in [0.15, 0.2) is 48.5 Å². The largest absolute Gasteiger partial charge is 0.449 e. The second-order valence-corrected chi connectivity index (χ2v) is 5.19. The van der Waals surface area contributed by atoms with Crippen LogP contribution in [0.4, 0.5) is 8.78 Å². The summed E-state index contributed by atoms with van der Waals surface area (Å²) in [7, 11) is 0. The third-order valence-corrected chi connectivity index (χ3v) is 3.37. The van der Waals surface area contributed by atoms with E-state index in [-0.39, 0.29) is 11.4 Å². The lowest BCUT2D eigenvalue weighted by molar-refractivity contribution is -0.129. The lowest BCUT2D eigenvalue weighted by Crippen LogP contribution is -2.37. The number of hydrogen-bond donors (Lipinski definition) is 1. The van der Waals surface area contributed by atoms with Crippen LogP contribution in [0.3, 0.4) is 0 Å². The quantitative estimate of drug-likeness (QED) is 0.827. The van der Waals surface area contributed by atoms with Crippen LogP contribution < -0.4 is 5.32 Å². The minimum Gasteiger partial charge on any atom is -0.449 e. The van der Waals surface area contributed by atoms with Gasteiger partial charge in [0.05, 0.1) is 5.56 Å². The molecular formula is C18H17F2NO3. The number of benzene rings is 2. The number of esters is 1. The molecule has 0 aliphatic rings. The highest BCUT2D eigenvalue weighted by atomic mass is 19.1. The molecule has 1 amide bonds. The molecule has 1 N–H and O–H groups in total. The molecule has 0 aliphatic heterocycles. The predicted molar refractivity (Wildman–Crippen MR) is 84.4 cm³/mol. The Morgan fingerprint density at radius 2 is 1.75 bits per heavy atom. The fourth-order valence-corrected chi connectivity index (χ4v) is 2.03. The van der Waals surface area contributed by atoms with Crippen molar-refractivity contribution in [2.24, 2.45) is 0 Å². The zero-order valence-electron chi connectivity index (χ0n) is 13.1. The van der Waals surface area contributed by atoms with Gasteiger partial charge in [0.15, 0.2) is 6.10 Å². The van der Waals surface area contributed by atoms with Crippen LogP contribution in [0.2, 0.25) is 0 Å². The standard InChI is InChI=1S/C18H17F2NO3/c1-12(24-18(23)15-4-2-3-5-16(15)20)17(22)21-11-10-13-6-8-14(19)9-7-13/h2-9,12H,10-11H2,1H3,(H,21,22)/t12-/m0/s1. The summed E-state index contributed by atoms with van der Waals surface area (Å²) < 4.78 is 31.2. The van der Waals surface area contributed by atoms with Crippen molar-refractivity contribution in [3.8, 4) is 0 Å². The number of ether oxygens (including phenoxy) is 1. The minimum atomic E-state index is -1.05. The Labute approximate surface area is 138 Å². The molecule has 0 aliphatic carbocycles. The Balaban J connectivity index is 1.80. The van der Waals surface area contributed by atoms with Crippen molar-refractivity contribution < 1.29 is 23.1 Å². The van der Waals surface area contributed by atoms with E-state index in [1.54, 1.807) is 12.1 Å². The van der Waals surface area contributed by atoms with Gasteiger partial charge in [-0.15, -0.1) is 0 Å². The van der Waals surface area contributed by atoms with Crippen LogP contribution in [0.5, 0.6) is 0 Å². The van der Waals surface area contributed by atoms with E-state index in [4.69, 9.17) is 4.74 Å². The molecule has 0 unspecified atom stereocenters. The van der Waals surface area contributed by atoms with Gasteiger partial charge in [-0.25, -0.2) is 13.6 Å². The maximum Gasteiger partial charge on any atom is 0.341 e. The highest BCUT2D eigenvalue weighted by Gasteiger charge is 2.20. The third-order valence-electron chi connectivity index (χ3n) is 3.37. The van der Waals surface area contributed by atoms with Gasteiger partial charge in [-0.05, 0) is 43.2 Å². The number of carbonyl (C=O) groups excluding carboxylic acids is 2. The Bertz CT molecular complexity index is 716. The van der Waals surface area contributed by atoms with E-state index in [0.29, 0.717) is 13.0 Å². The van der Waals surface area contributed by atoms with E-state index >= 15 is 0 Å². The normalized spacial score (nSPS) is 11.6. The van der Waals surface area contributed by atoms with Gasteiger partial charge in [0.25, 0.3) is 5.91 Å². The van der Waals surface area contributed by atoms with Crippen LogP contribution in [0.25, 0.3) is 0 Å². The SMILES string of the molecule is C[C@H](OC(=O)c1ccccc1F)C(=O)NCCc1ccc(F)cc1. The average molecular weight is 333 g/mol. The molecule has 0 saturated carbocycles. The van der Waals surface area contributed by atoms with Crippen LogP contribution >= 0.6 is 0 Å². The summed E-state index contributed by atoms with van der Waals surface area (Å²) >= 11 is 0. The van der Waals surface area contributed by atoms with Crippen molar-refractivity contribution >= 4 is 11.9 Å². The fraction of sp³-hybridized carbons (Fsp3) is 0.222. The average Bonchev–Trinajstić information content (AvgIpc) is 2.56. The smallest absolute Gasteiger partial charge is 0.341 e. The first-order valence-corrected chi connectivity index (χ1v) is 7.45. The first-order chi connectivity index (χ1) is 11.5. The van der Waals surface area contributed by atoms with Crippen molar-refractivity contribution in [2.45, 2.75) is 19.4 Å². The molecule has 2 aromatic rings. The second-order valence-electron chi connectivity index (χ2n) is 5.19. The highest BCUT2D eigenvalue weighted by molar-refractivity contribution is 5.92. The molecular weight excluding hydrogens is 316 g/mol. The van der Waals surface area contributed by atoms with Gasteiger partial charge >= 0.3 is 5.97 Å². The first-order valence-electron chi connectivity index (χ1n) is 7.45. The molecule has 0 heterocycles. The number of amides is 1. The number of nitrogens with one attached hydrogen (secondary N) is 1. The maximum atomic E-state index is 13.5. The maximum absolute atomic E-state index is 13.5. The third kappa shape index (κ3) is 4.87. The molecule has 126 valence electrons. The highest BCUT2D eigenvalue weighted by Crippen LogP contribution is 2.09. The van der Waals surface area contributed by atoms with Crippen molar-refractivity contribution in [3.63, 3.8) is 0 Å². The van der Waals surface area contributed by atoms with E-state index < -0.39 is 23.8 Å². The number of carbonyl (C=O) groups is 2. The molecule has 0 aromatic heterocycles. The number of hydrogen-bond acceptors (Lipinski definition) is 3. The summed E-state index contributed by atoms with van der Waals surface area (Å²) in [5, 5.41) is 2.61. The molecule has 2 rings (SSSR count). The summed E-state index contributed by atoms with van der Waals surface area (Å²) in [5.74, 6) is -2.40. The van der Waals surface area contributed by atoms with Gasteiger partial charge in [0, 0.05) is 6.54 Å². The van der Waals surface area contributed by atoms with Crippen molar-refractivity contribution in [1.29, 1.82) is 0 Å². The van der Waals surface area contributed by atoms with Gasteiger partial charge in [-0.3, -0.25) is 4.79 Å². The Hall–Kier alpha value is -2.76. The van der Waals surface area contributed by atoms with Gasteiger partial charge in [0.1, 0.15) is 11.6 Å². The van der Waals surface area contributed by atoms with Gasteiger partial charge < -0.3 is 10.1 Å². The van der Waals surface area contributed by atoms with Gasteiger partial charge in [-0.2, -0.15) is 0 Å². The summed E-state index contributed by atoms with van der Waals surface area (Å²) in [6.45, 7) is 1.72. The molecule has 6 heteroatoms. The van der Waals surface area contributed by atoms with Crippen LogP contribution in [0, 0.1) is 11.6 Å². The van der Waals surface area contributed by atoms with Crippen molar-refractivity contribution in [3.05, 3.63) is 71.3 Å². The monoisotopic (exact) mass is 333 g/mol. The Morgan fingerprint density at radius 3 is 2.42 bits per heavy atom. The lowest BCUT2D eigenvalue weighted by atomic mass is 10.1. The number of halogens is 2. The second kappa shape index (κ2) is 8.19. The van der Waals surface area contributed by atoms with Crippen LogP contribution in [-0.2, 0) is 16.0 Å². The molecule has 0 saturated heterocycles. The van der Waals surface area contributed by atoms with Crippen LogP contribution in [-0.4, -0.2) is 24.5 Å². The molecule has 0 bridgehead atoms. The Morgan fingerprint density at radius 1 is 1.08 bits per heavy atom. The molecule has 0 fully saturated rings. The van der Waals surface area contributed by atoms with Gasteiger partial charge in [0.2, 0.25) is 0 Å². The fourth-order valence-electron chi connectivity index (χ4n) is 2.03. The van der Waals surface area contributed by atoms with E-state index in [0.717, 1.165) is 11.6 Å². The zero-order valence-corrected chi connectivity index (χ0v) is 13.1. The molecule has 24 heavy (non-hydrogen) atoms. The van der Waals surface area contributed by atoms with E-state index in [9.17, 15) is 18.4 Å². The Kier molecular flexibility index (Phi) is 6.01. The predicted octanol–water partition coefficient (Wildman–Crippen LogP) is 2.87. The topological polar surface area (TPSA) is 55.4 Å². The minimum absolute atomic E-state index is 0.219. The molecule has 1 atom stereocenters. The van der Waals surface area contributed by atoms with Gasteiger partial charge in [-0.1, -0.05) is 24.3 Å². The summed E-state index contributed by atoms with van der Waals surface area (Å²) in [6.07, 6.45) is -0.537. The lowest BCUT2D eigenvalue weighted by Gasteiger charge is -2.13.